The minimum atomic E-state index is 0.0333. The van der Waals surface area contributed by atoms with Crippen LogP contribution in [0.4, 0.5) is 0 Å². The van der Waals surface area contributed by atoms with E-state index >= 15 is 0 Å². The van der Waals surface area contributed by atoms with Gasteiger partial charge in [0.1, 0.15) is 12.0 Å². The van der Waals surface area contributed by atoms with Gasteiger partial charge in [-0.2, -0.15) is 0 Å². The van der Waals surface area contributed by atoms with Crippen molar-refractivity contribution in [3.8, 4) is 5.75 Å². The molecule has 2 rings (SSSR count). The quantitative estimate of drug-likeness (QED) is 0.780. The molecular formula is C15H19NO3. The number of ether oxygens (including phenoxy) is 1. The molecule has 0 aromatic heterocycles. The summed E-state index contributed by atoms with van der Waals surface area (Å²) in [5.41, 5.74) is 0.600. The minimum absolute atomic E-state index is 0.0333. The van der Waals surface area contributed by atoms with Crippen LogP contribution in [-0.2, 0) is 4.79 Å². The zero-order valence-corrected chi connectivity index (χ0v) is 11.2. The van der Waals surface area contributed by atoms with Crippen LogP contribution in [0, 0.1) is 5.92 Å². The molecule has 0 radical (unpaired) electrons. The van der Waals surface area contributed by atoms with Crippen molar-refractivity contribution < 1.29 is 14.3 Å². The summed E-state index contributed by atoms with van der Waals surface area (Å²) in [6, 6.07) is 6.76. The zero-order chi connectivity index (χ0) is 13.7. The molecule has 1 saturated heterocycles. The molecule has 1 heterocycles. The summed E-state index contributed by atoms with van der Waals surface area (Å²) >= 11 is 0. The van der Waals surface area contributed by atoms with Gasteiger partial charge in [-0.05, 0) is 43.0 Å². The molecule has 102 valence electrons. The van der Waals surface area contributed by atoms with Gasteiger partial charge in [-0.3, -0.25) is 9.59 Å². The van der Waals surface area contributed by atoms with E-state index in [1.165, 1.54) is 6.42 Å². The first-order chi connectivity index (χ1) is 9.19. The maximum absolute atomic E-state index is 12.0. The average molecular weight is 261 g/mol. The van der Waals surface area contributed by atoms with E-state index in [0.29, 0.717) is 17.2 Å². The van der Waals surface area contributed by atoms with Crippen molar-refractivity contribution in [2.75, 3.05) is 19.7 Å². The molecule has 1 aromatic rings. The predicted octanol–water partition coefficient (Wildman–Crippen LogP) is 2.14. The average Bonchev–Trinajstić information content (AvgIpc) is 2.45. The third-order valence-corrected chi connectivity index (χ3v) is 3.39. The number of carbonyl (C=O) groups is 2. The molecule has 0 saturated carbocycles. The Morgan fingerprint density at radius 2 is 2.16 bits per heavy atom. The fraction of sp³-hybridized carbons (Fsp3) is 0.467. The molecule has 0 N–H and O–H groups in total. The van der Waals surface area contributed by atoms with Gasteiger partial charge < -0.3 is 9.64 Å². The van der Waals surface area contributed by atoms with Crippen LogP contribution in [0.15, 0.2) is 24.3 Å². The molecule has 0 bridgehead atoms. The SMILES string of the molecule is CC1CCCN(C(=O)COc2ccc(C=O)cc2)C1. The Labute approximate surface area is 113 Å². The Morgan fingerprint density at radius 1 is 1.42 bits per heavy atom. The van der Waals surface area contributed by atoms with Crippen LogP contribution >= 0.6 is 0 Å². The third kappa shape index (κ3) is 3.81. The van der Waals surface area contributed by atoms with E-state index in [1.807, 2.05) is 4.90 Å². The van der Waals surface area contributed by atoms with Gasteiger partial charge in [0.15, 0.2) is 6.61 Å². The highest BCUT2D eigenvalue weighted by atomic mass is 16.5. The van der Waals surface area contributed by atoms with Gasteiger partial charge in [0.05, 0.1) is 0 Å². The van der Waals surface area contributed by atoms with Gasteiger partial charge in [-0.15, -0.1) is 0 Å². The van der Waals surface area contributed by atoms with Crippen LogP contribution in [0.5, 0.6) is 5.75 Å². The van der Waals surface area contributed by atoms with Crippen molar-refractivity contribution in [3.63, 3.8) is 0 Å². The minimum Gasteiger partial charge on any atom is -0.484 e. The Kier molecular flexibility index (Phi) is 4.55. The van der Waals surface area contributed by atoms with Crippen molar-refractivity contribution >= 4 is 12.2 Å². The van der Waals surface area contributed by atoms with Crippen LogP contribution in [0.3, 0.4) is 0 Å². The van der Waals surface area contributed by atoms with E-state index in [4.69, 9.17) is 4.74 Å². The second-order valence-electron chi connectivity index (χ2n) is 5.06. The number of piperidine rings is 1. The smallest absolute Gasteiger partial charge is 0.260 e. The number of aldehydes is 1. The Bertz CT molecular complexity index is 441. The fourth-order valence-electron chi connectivity index (χ4n) is 2.29. The van der Waals surface area contributed by atoms with Gasteiger partial charge in [-0.25, -0.2) is 0 Å². The zero-order valence-electron chi connectivity index (χ0n) is 11.2. The number of hydrogen-bond acceptors (Lipinski definition) is 3. The molecule has 4 heteroatoms. The molecule has 1 unspecified atom stereocenters. The first-order valence-corrected chi connectivity index (χ1v) is 6.65. The van der Waals surface area contributed by atoms with Crippen LogP contribution in [-0.4, -0.2) is 36.8 Å². The molecule has 1 aliphatic heterocycles. The maximum atomic E-state index is 12.0. The van der Waals surface area contributed by atoms with E-state index in [-0.39, 0.29) is 12.5 Å². The first-order valence-electron chi connectivity index (χ1n) is 6.65. The van der Waals surface area contributed by atoms with Crippen molar-refractivity contribution in [2.45, 2.75) is 19.8 Å². The third-order valence-electron chi connectivity index (χ3n) is 3.39. The highest BCUT2D eigenvalue weighted by Crippen LogP contribution is 2.16. The van der Waals surface area contributed by atoms with Crippen LogP contribution in [0.1, 0.15) is 30.1 Å². The summed E-state index contributed by atoms with van der Waals surface area (Å²) in [6.45, 7) is 3.88. The lowest BCUT2D eigenvalue weighted by Gasteiger charge is -2.30. The largest absolute Gasteiger partial charge is 0.484 e. The highest BCUT2D eigenvalue weighted by Gasteiger charge is 2.20. The fourth-order valence-corrected chi connectivity index (χ4v) is 2.29. The summed E-state index contributed by atoms with van der Waals surface area (Å²) in [5.74, 6) is 1.22. The van der Waals surface area contributed by atoms with Crippen LogP contribution in [0.2, 0.25) is 0 Å². The van der Waals surface area contributed by atoms with Gasteiger partial charge in [0, 0.05) is 18.7 Å². The van der Waals surface area contributed by atoms with Gasteiger partial charge in [-0.1, -0.05) is 6.92 Å². The summed E-state index contributed by atoms with van der Waals surface area (Å²) in [4.78, 5) is 24.4. The molecule has 0 aliphatic carbocycles. The maximum Gasteiger partial charge on any atom is 0.260 e. The second-order valence-corrected chi connectivity index (χ2v) is 5.06. The summed E-state index contributed by atoms with van der Waals surface area (Å²) in [5, 5.41) is 0. The topological polar surface area (TPSA) is 46.6 Å². The van der Waals surface area contributed by atoms with E-state index in [2.05, 4.69) is 6.92 Å². The number of nitrogens with zero attached hydrogens (tertiary/aromatic N) is 1. The number of likely N-dealkylation sites (tertiary alicyclic amines) is 1. The molecule has 1 amide bonds. The van der Waals surface area contributed by atoms with E-state index in [9.17, 15) is 9.59 Å². The number of benzene rings is 1. The van der Waals surface area contributed by atoms with E-state index in [0.717, 1.165) is 25.8 Å². The lowest BCUT2D eigenvalue weighted by Crippen LogP contribution is -2.41. The monoisotopic (exact) mass is 261 g/mol. The van der Waals surface area contributed by atoms with Gasteiger partial charge >= 0.3 is 0 Å². The predicted molar refractivity (Wildman–Crippen MR) is 72.3 cm³/mol. The Balaban J connectivity index is 1.83. The van der Waals surface area contributed by atoms with Crippen molar-refractivity contribution in [1.82, 2.24) is 4.90 Å². The molecule has 4 nitrogen and oxygen atoms in total. The second kappa shape index (κ2) is 6.36. The Hall–Kier alpha value is -1.84. The molecule has 1 atom stereocenters. The Morgan fingerprint density at radius 3 is 2.79 bits per heavy atom. The number of rotatable bonds is 4. The van der Waals surface area contributed by atoms with Crippen LogP contribution < -0.4 is 4.74 Å². The molecule has 1 fully saturated rings. The summed E-state index contributed by atoms with van der Waals surface area (Å²) in [6.07, 6.45) is 3.04. The lowest BCUT2D eigenvalue weighted by atomic mass is 10.0. The number of carbonyl (C=O) groups excluding carboxylic acids is 2. The summed E-state index contributed by atoms with van der Waals surface area (Å²) in [7, 11) is 0. The first kappa shape index (κ1) is 13.6. The lowest BCUT2D eigenvalue weighted by molar-refractivity contribution is -0.135. The van der Waals surface area contributed by atoms with Crippen molar-refractivity contribution in [1.29, 1.82) is 0 Å². The molecule has 1 aliphatic rings. The number of hydrogen-bond donors (Lipinski definition) is 0. The van der Waals surface area contributed by atoms with Gasteiger partial charge in [0.25, 0.3) is 5.91 Å². The molecule has 1 aromatic carbocycles. The molecule has 0 spiro atoms. The number of amides is 1. The van der Waals surface area contributed by atoms with Crippen LogP contribution in [0.25, 0.3) is 0 Å². The van der Waals surface area contributed by atoms with Gasteiger partial charge in [0.2, 0.25) is 0 Å². The summed E-state index contributed by atoms with van der Waals surface area (Å²) < 4.78 is 5.45. The molecular weight excluding hydrogens is 242 g/mol. The van der Waals surface area contributed by atoms with Crippen molar-refractivity contribution in [2.24, 2.45) is 5.92 Å². The molecule has 19 heavy (non-hydrogen) atoms. The normalized spacial score (nSPS) is 19.0. The van der Waals surface area contributed by atoms with E-state index < -0.39 is 0 Å². The highest BCUT2D eigenvalue weighted by molar-refractivity contribution is 5.78. The standard InChI is InChI=1S/C15H19NO3/c1-12-3-2-8-16(9-12)15(18)11-19-14-6-4-13(10-17)5-7-14/h4-7,10,12H,2-3,8-9,11H2,1H3. The van der Waals surface area contributed by atoms with Crippen molar-refractivity contribution in [3.05, 3.63) is 29.8 Å². The van der Waals surface area contributed by atoms with E-state index in [1.54, 1.807) is 24.3 Å².